The molecule has 1 aromatic rings. The van der Waals surface area contributed by atoms with Crippen LogP contribution in [-0.2, 0) is 32.1 Å². The molecule has 6 N–H and O–H groups in total. The summed E-state index contributed by atoms with van der Waals surface area (Å²) in [6.45, 7) is 0.0898. The van der Waals surface area contributed by atoms with Crippen LogP contribution in [0.15, 0.2) is 23.4 Å². The van der Waals surface area contributed by atoms with Crippen LogP contribution in [0.25, 0.3) is 0 Å². The van der Waals surface area contributed by atoms with E-state index in [1.165, 1.54) is 23.1 Å². The van der Waals surface area contributed by atoms with Gasteiger partial charge < -0.3 is 26.6 Å². The summed E-state index contributed by atoms with van der Waals surface area (Å²) >= 11 is 2.71. The lowest BCUT2D eigenvalue weighted by Crippen LogP contribution is -2.70. The van der Waals surface area contributed by atoms with Crippen molar-refractivity contribution in [3.05, 3.63) is 33.2 Å². The van der Waals surface area contributed by atoms with Gasteiger partial charge in [0, 0.05) is 27.6 Å². The third-order valence-electron chi connectivity index (χ3n) is 4.21. The fourth-order valence-electron chi connectivity index (χ4n) is 2.96. The van der Waals surface area contributed by atoms with E-state index in [0.717, 1.165) is 14.7 Å². The first-order valence-electron chi connectivity index (χ1n) is 8.21. The summed E-state index contributed by atoms with van der Waals surface area (Å²) in [7, 11) is 0. The van der Waals surface area contributed by atoms with Crippen molar-refractivity contribution in [2.24, 2.45) is 11.5 Å². The zero-order valence-electron chi connectivity index (χ0n) is 14.5. The maximum absolute atomic E-state index is 12.5. The molecule has 0 aliphatic carbocycles. The number of rotatable bonds is 7. The van der Waals surface area contributed by atoms with Crippen molar-refractivity contribution in [2.45, 2.75) is 24.4 Å². The fourth-order valence-corrected chi connectivity index (χ4v) is 5.19. The third kappa shape index (κ3) is 3.98. The topological polar surface area (TPSA) is 165 Å². The van der Waals surface area contributed by atoms with E-state index in [1.807, 2.05) is 12.1 Å². The van der Waals surface area contributed by atoms with Crippen LogP contribution >= 0.6 is 23.1 Å². The SMILES string of the molecule is NCc1ccc(CC(=O)N[C@@H]2C(=O)N3C(C(=O)O)=C(COC(N)=O)CS[C@H]23)s1. The molecular formula is C16H18N4O6S2. The molecule has 28 heavy (non-hydrogen) atoms. The second kappa shape index (κ2) is 8.20. The number of fused-ring (bicyclic) bond motifs is 1. The van der Waals surface area contributed by atoms with E-state index < -0.39 is 29.4 Å². The van der Waals surface area contributed by atoms with E-state index in [0.29, 0.717) is 6.54 Å². The van der Waals surface area contributed by atoms with Crippen molar-refractivity contribution in [2.75, 3.05) is 12.4 Å². The second-order valence-electron chi connectivity index (χ2n) is 6.07. The molecule has 0 saturated carbocycles. The van der Waals surface area contributed by atoms with Gasteiger partial charge in [0.1, 0.15) is 23.7 Å². The summed E-state index contributed by atoms with van der Waals surface area (Å²) in [5.41, 5.74) is 10.5. The second-order valence-corrected chi connectivity index (χ2v) is 8.43. The van der Waals surface area contributed by atoms with Crippen LogP contribution in [0.3, 0.4) is 0 Å². The first-order chi connectivity index (χ1) is 13.3. The molecule has 0 spiro atoms. The predicted octanol–water partition coefficient (Wildman–Crippen LogP) is -0.417. The number of aliphatic carboxylic acids is 1. The van der Waals surface area contributed by atoms with Gasteiger partial charge in [-0.3, -0.25) is 14.5 Å². The molecule has 1 saturated heterocycles. The number of nitrogens with one attached hydrogen (secondary N) is 1. The number of thiophene rings is 1. The van der Waals surface area contributed by atoms with Crippen molar-refractivity contribution >= 4 is 47.0 Å². The number of ether oxygens (including phenoxy) is 1. The molecule has 3 heterocycles. The molecule has 3 rings (SSSR count). The Morgan fingerprint density at radius 1 is 1.32 bits per heavy atom. The Hall–Kier alpha value is -2.57. The standard InChI is InChI=1S/C16H18N4O6S2/c17-4-9-2-1-8(28-9)3-10(21)19-11-13(22)20-12(15(23)24)7(5-26-16(18)25)6-27-14(11)20/h1-2,11,14H,3-6,17H2,(H2,18,25)(H,19,21)(H,23,24)/t11-,14-/m1/s1. The summed E-state index contributed by atoms with van der Waals surface area (Å²) in [6.07, 6.45) is -0.915. The Balaban J connectivity index is 1.66. The number of nitrogens with two attached hydrogens (primary N) is 2. The molecule has 0 unspecified atom stereocenters. The van der Waals surface area contributed by atoms with E-state index in [-0.39, 0.29) is 36.0 Å². The van der Waals surface area contributed by atoms with E-state index in [9.17, 15) is 24.3 Å². The third-order valence-corrected chi connectivity index (χ3v) is 6.66. The molecule has 1 aromatic heterocycles. The molecule has 12 heteroatoms. The van der Waals surface area contributed by atoms with Gasteiger partial charge in [-0.05, 0) is 12.1 Å². The summed E-state index contributed by atoms with van der Waals surface area (Å²) in [6, 6.07) is 2.85. The molecule has 2 atom stereocenters. The number of amides is 3. The van der Waals surface area contributed by atoms with Crippen LogP contribution in [0.5, 0.6) is 0 Å². The van der Waals surface area contributed by atoms with Crippen molar-refractivity contribution in [3.8, 4) is 0 Å². The van der Waals surface area contributed by atoms with E-state index in [4.69, 9.17) is 11.5 Å². The first kappa shape index (κ1) is 20.2. The van der Waals surface area contributed by atoms with Crippen LogP contribution in [0.4, 0.5) is 4.79 Å². The smallest absolute Gasteiger partial charge is 0.404 e. The van der Waals surface area contributed by atoms with Crippen LogP contribution in [0, 0.1) is 0 Å². The van der Waals surface area contributed by atoms with Gasteiger partial charge in [0.05, 0.1) is 6.42 Å². The van der Waals surface area contributed by atoms with Gasteiger partial charge in [-0.15, -0.1) is 23.1 Å². The largest absolute Gasteiger partial charge is 0.477 e. The lowest BCUT2D eigenvalue weighted by molar-refractivity contribution is -0.150. The van der Waals surface area contributed by atoms with E-state index in [1.54, 1.807) is 0 Å². The summed E-state index contributed by atoms with van der Waals surface area (Å²) in [4.78, 5) is 50.1. The summed E-state index contributed by atoms with van der Waals surface area (Å²) in [5.74, 6) is -1.92. The van der Waals surface area contributed by atoms with E-state index in [2.05, 4.69) is 10.1 Å². The van der Waals surface area contributed by atoms with Gasteiger partial charge >= 0.3 is 12.1 Å². The average molecular weight is 426 g/mol. The van der Waals surface area contributed by atoms with Crippen molar-refractivity contribution in [1.29, 1.82) is 0 Å². The molecule has 0 bridgehead atoms. The van der Waals surface area contributed by atoms with Gasteiger partial charge in [0.15, 0.2) is 0 Å². The Labute approximate surface area is 167 Å². The molecule has 0 radical (unpaired) electrons. The highest BCUT2D eigenvalue weighted by Gasteiger charge is 2.54. The van der Waals surface area contributed by atoms with E-state index >= 15 is 0 Å². The maximum atomic E-state index is 12.5. The Bertz CT molecular complexity index is 867. The van der Waals surface area contributed by atoms with Gasteiger partial charge in [-0.2, -0.15) is 0 Å². The summed E-state index contributed by atoms with van der Waals surface area (Å²) < 4.78 is 4.66. The maximum Gasteiger partial charge on any atom is 0.404 e. The number of nitrogens with zero attached hydrogens (tertiary/aromatic N) is 1. The zero-order chi connectivity index (χ0) is 20.4. The van der Waals surface area contributed by atoms with Gasteiger partial charge in [-0.25, -0.2) is 9.59 Å². The minimum atomic E-state index is -1.31. The van der Waals surface area contributed by atoms with Gasteiger partial charge in [0.25, 0.3) is 5.91 Å². The van der Waals surface area contributed by atoms with Crippen LogP contribution in [-0.4, -0.2) is 57.7 Å². The quantitative estimate of drug-likeness (QED) is 0.427. The monoisotopic (exact) mass is 426 g/mol. The first-order valence-corrected chi connectivity index (χ1v) is 10.1. The van der Waals surface area contributed by atoms with Crippen molar-refractivity contribution < 1.29 is 29.0 Å². The highest BCUT2D eigenvalue weighted by Crippen LogP contribution is 2.40. The highest BCUT2D eigenvalue weighted by atomic mass is 32.2. The zero-order valence-corrected chi connectivity index (χ0v) is 16.2. The number of carboxylic acid groups (broad SMARTS) is 1. The minimum absolute atomic E-state index is 0.116. The number of β-lactam (4-membered cyclic amide) rings is 1. The Morgan fingerprint density at radius 3 is 2.64 bits per heavy atom. The summed E-state index contributed by atoms with van der Waals surface area (Å²) in [5, 5.41) is 11.6. The van der Waals surface area contributed by atoms with Crippen molar-refractivity contribution in [1.82, 2.24) is 10.2 Å². The number of carboxylic acids is 1. The molecular weight excluding hydrogens is 408 g/mol. The Kier molecular flexibility index (Phi) is 5.91. The average Bonchev–Trinajstić information content (AvgIpc) is 3.10. The number of thioether (sulfide) groups is 1. The number of primary amides is 1. The fraction of sp³-hybridized carbons (Fsp3) is 0.375. The van der Waals surface area contributed by atoms with Crippen LogP contribution < -0.4 is 16.8 Å². The molecule has 2 aliphatic rings. The van der Waals surface area contributed by atoms with Gasteiger partial charge in [-0.1, -0.05) is 0 Å². The minimum Gasteiger partial charge on any atom is -0.477 e. The lowest BCUT2D eigenvalue weighted by Gasteiger charge is -2.49. The van der Waals surface area contributed by atoms with Crippen LogP contribution in [0.2, 0.25) is 0 Å². The predicted molar refractivity (Wildman–Crippen MR) is 101 cm³/mol. The number of hydrogen-bond donors (Lipinski definition) is 4. The molecule has 150 valence electrons. The molecule has 3 amide bonds. The number of hydrogen-bond acceptors (Lipinski definition) is 8. The molecule has 10 nitrogen and oxygen atoms in total. The number of carbonyl (C=O) groups excluding carboxylic acids is 3. The molecule has 0 aromatic carbocycles. The van der Waals surface area contributed by atoms with Crippen LogP contribution in [0.1, 0.15) is 9.75 Å². The Morgan fingerprint density at radius 2 is 2.04 bits per heavy atom. The highest BCUT2D eigenvalue weighted by molar-refractivity contribution is 8.00. The number of carbonyl (C=O) groups is 4. The molecule has 2 aliphatic heterocycles. The van der Waals surface area contributed by atoms with Gasteiger partial charge in [0.2, 0.25) is 5.91 Å². The lowest BCUT2D eigenvalue weighted by atomic mass is 10.0. The molecule has 1 fully saturated rings. The van der Waals surface area contributed by atoms with Crippen molar-refractivity contribution in [3.63, 3.8) is 0 Å². The normalized spacial score (nSPS) is 21.0.